The quantitative estimate of drug-likeness (QED) is 0.505. The van der Waals surface area contributed by atoms with Crippen molar-refractivity contribution in [2.75, 3.05) is 12.4 Å². The third kappa shape index (κ3) is 5.80. The largest absolute Gasteiger partial charge is 0.493 e. The number of nitrogens with one attached hydrogen (secondary N) is 2. The first-order valence-electron chi connectivity index (χ1n) is 9.68. The number of rotatable bonds is 9. The zero-order valence-corrected chi connectivity index (χ0v) is 18.2. The first-order chi connectivity index (χ1) is 15.3. The molecule has 2 N–H and O–H groups in total. The Morgan fingerprint density at radius 3 is 2.34 bits per heavy atom. The van der Waals surface area contributed by atoms with Gasteiger partial charge in [0.2, 0.25) is 21.8 Å². The zero-order valence-electron chi connectivity index (χ0n) is 17.4. The maximum absolute atomic E-state index is 13.1. The minimum atomic E-state index is -4.00. The average Bonchev–Trinajstić information content (AvgIpc) is 2.79. The number of pyridine rings is 1. The van der Waals surface area contributed by atoms with Gasteiger partial charge in [-0.2, -0.15) is 4.72 Å². The molecule has 1 atom stereocenters. The van der Waals surface area contributed by atoms with E-state index in [1.807, 2.05) is 6.07 Å². The Morgan fingerprint density at radius 2 is 1.75 bits per heavy atom. The summed E-state index contributed by atoms with van der Waals surface area (Å²) in [5, 5.41) is 2.62. The van der Waals surface area contributed by atoms with Crippen molar-refractivity contribution in [1.82, 2.24) is 9.71 Å². The lowest BCUT2D eigenvalue weighted by molar-refractivity contribution is -0.117. The number of halogens is 1. The Balaban J connectivity index is 1.65. The van der Waals surface area contributed by atoms with Crippen molar-refractivity contribution in [3.63, 3.8) is 0 Å². The number of benzene rings is 2. The van der Waals surface area contributed by atoms with Crippen molar-refractivity contribution < 1.29 is 27.1 Å². The molecule has 1 amide bonds. The summed E-state index contributed by atoms with van der Waals surface area (Å²) in [6.45, 7) is 1.67. The molecule has 0 fully saturated rings. The fraction of sp³-hybridized carbons (Fsp3) is 0.182. The smallest absolute Gasteiger partial charge is 0.242 e. The Kier molecular flexibility index (Phi) is 7.39. The number of sulfonamides is 1. The normalized spacial score (nSPS) is 12.1. The summed E-state index contributed by atoms with van der Waals surface area (Å²) < 4.78 is 51.3. The number of para-hydroxylation sites is 2. The van der Waals surface area contributed by atoms with Crippen molar-refractivity contribution in [2.45, 2.75) is 24.3 Å². The van der Waals surface area contributed by atoms with E-state index in [4.69, 9.17) is 9.47 Å². The van der Waals surface area contributed by atoms with Gasteiger partial charge in [-0.1, -0.05) is 19.1 Å². The van der Waals surface area contributed by atoms with Crippen LogP contribution in [-0.4, -0.2) is 32.5 Å². The van der Waals surface area contributed by atoms with Crippen LogP contribution in [0, 0.1) is 5.82 Å². The maximum atomic E-state index is 13.1. The van der Waals surface area contributed by atoms with Crippen LogP contribution >= 0.6 is 0 Å². The summed E-state index contributed by atoms with van der Waals surface area (Å²) in [6, 6.07) is 13.5. The summed E-state index contributed by atoms with van der Waals surface area (Å²) in [5.74, 6) is 0.209. The van der Waals surface area contributed by atoms with Gasteiger partial charge >= 0.3 is 0 Å². The first kappa shape index (κ1) is 23.2. The van der Waals surface area contributed by atoms with E-state index in [0.29, 0.717) is 17.2 Å². The number of hydrogen-bond donors (Lipinski definition) is 2. The molecule has 1 unspecified atom stereocenters. The second-order valence-corrected chi connectivity index (χ2v) is 8.38. The summed E-state index contributed by atoms with van der Waals surface area (Å²) in [6.07, 6.45) is 1.60. The second kappa shape index (κ2) is 10.2. The highest BCUT2D eigenvalue weighted by Gasteiger charge is 2.24. The third-order valence-corrected chi connectivity index (χ3v) is 5.92. The van der Waals surface area contributed by atoms with E-state index < -0.39 is 27.8 Å². The Morgan fingerprint density at radius 1 is 1.06 bits per heavy atom. The van der Waals surface area contributed by atoms with E-state index in [-0.39, 0.29) is 17.2 Å². The monoisotopic (exact) mass is 459 g/mol. The number of carbonyl (C=O) groups is 1. The van der Waals surface area contributed by atoms with E-state index in [0.717, 1.165) is 24.3 Å². The van der Waals surface area contributed by atoms with E-state index in [2.05, 4.69) is 15.0 Å². The van der Waals surface area contributed by atoms with Gasteiger partial charge in [0.05, 0.1) is 23.9 Å². The van der Waals surface area contributed by atoms with Gasteiger partial charge in [0.15, 0.2) is 11.5 Å². The number of hydrogen-bond acceptors (Lipinski definition) is 6. The van der Waals surface area contributed by atoms with Gasteiger partial charge in [0, 0.05) is 6.07 Å². The number of nitrogens with zero attached hydrogens (tertiary/aromatic N) is 1. The lowest BCUT2D eigenvalue weighted by Gasteiger charge is -2.17. The molecule has 0 radical (unpaired) electrons. The molecule has 0 saturated heterocycles. The lowest BCUT2D eigenvalue weighted by atomic mass is 10.2. The van der Waals surface area contributed by atoms with E-state index in [1.165, 1.54) is 13.3 Å². The summed E-state index contributed by atoms with van der Waals surface area (Å²) >= 11 is 0. The second-order valence-electron chi connectivity index (χ2n) is 6.66. The van der Waals surface area contributed by atoms with Crippen molar-refractivity contribution in [1.29, 1.82) is 0 Å². The molecule has 10 heteroatoms. The van der Waals surface area contributed by atoms with E-state index >= 15 is 0 Å². The van der Waals surface area contributed by atoms with Gasteiger partial charge in [-0.25, -0.2) is 17.8 Å². The molecule has 3 aromatic rings. The number of anilines is 1. The Labute approximate surface area is 185 Å². The molecule has 0 spiro atoms. The molecule has 8 nitrogen and oxygen atoms in total. The predicted octanol–water partition coefficient (Wildman–Crippen LogP) is 3.72. The SMILES string of the molecule is CCC(NS(=O)(=O)c1ccc(F)cc1)C(=O)Nc1ccc(Oc2ccccc2OC)nc1. The van der Waals surface area contributed by atoms with Gasteiger partial charge in [-0.05, 0) is 48.9 Å². The van der Waals surface area contributed by atoms with Crippen LogP contribution in [-0.2, 0) is 14.8 Å². The highest BCUT2D eigenvalue weighted by atomic mass is 32.2. The first-order valence-corrected chi connectivity index (χ1v) is 11.2. The standard InChI is InChI=1S/C22H22FN3O5S/c1-3-18(26-32(28,29)17-11-8-15(23)9-12-17)22(27)25-16-10-13-21(24-14-16)31-20-7-5-4-6-19(20)30-2/h4-14,18,26H,3H2,1-2H3,(H,25,27). The van der Waals surface area contributed by atoms with Gasteiger partial charge in [-0.15, -0.1) is 0 Å². The van der Waals surface area contributed by atoms with Crippen molar-refractivity contribution >= 4 is 21.6 Å². The fourth-order valence-corrected chi connectivity index (χ4v) is 4.03. The third-order valence-electron chi connectivity index (χ3n) is 4.43. The van der Waals surface area contributed by atoms with Crippen molar-refractivity contribution in [3.05, 3.63) is 72.7 Å². The van der Waals surface area contributed by atoms with Crippen LogP contribution in [0.25, 0.3) is 0 Å². The molecule has 0 aliphatic rings. The molecule has 1 heterocycles. The minimum absolute atomic E-state index is 0.135. The molecular formula is C22H22FN3O5S. The van der Waals surface area contributed by atoms with Crippen LogP contribution in [0.2, 0.25) is 0 Å². The van der Waals surface area contributed by atoms with Gasteiger partial charge in [-0.3, -0.25) is 4.79 Å². The van der Waals surface area contributed by atoms with Gasteiger partial charge < -0.3 is 14.8 Å². The number of methoxy groups -OCH3 is 1. The molecule has 0 saturated carbocycles. The van der Waals surface area contributed by atoms with Gasteiger partial charge in [0.25, 0.3) is 0 Å². The van der Waals surface area contributed by atoms with Crippen LogP contribution in [0.3, 0.4) is 0 Å². The molecule has 0 aliphatic carbocycles. The Hall–Kier alpha value is -3.50. The van der Waals surface area contributed by atoms with Crippen LogP contribution in [0.4, 0.5) is 10.1 Å². The molecule has 32 heavy (non-hydrogen) atoms. The van der Waals surface area contributed by atoms with Crippen LogP contribution in [0.15, 0.2) is 71.8 Å². The lowest BCUT2D eigenvalue weighted by Crippen LogP contribution is -2.43. The molecule has 0 aliphatic heterocycles. The van der Waals surface area contributed by atoms with Gasteiger partial charge in [0.1, 0.15) is 11.9 Å². The fourth-order valence-electron chi connectivity index (χ4n) is 2.75. The summed E-state index contributed by atoms with van der Waals surface area (Å²) in [5.41, 5.74) is 0.363. The number of aromatic nitrogens is 1. The molecular weight excluding hydrogens is 437 g/mol. The van der Waals surface area contributed by atoms with Crippen molar-refractivity contribution in [2.24, 2.45) is 0 Å². The number of carbonyl (C=O) groups excluding carboxylic acids is 1. The van der Waals surface area contributed by atoms with E-state index in [1.54, 1.807) is 37.3 Å². The number of ether oxygens (including phenoxy) is 2. The van der Waals surface area contributed by atoms with Crippen molar-refractivity contribution in [3.8, 4) is 17.4 Å². The molecule has 3 rings (SSSR count). The number of amides is 1. The molecule has 2 aromatic carbocycles. The highest BCUT2D eigenvalue weighted by Crippen LogP contribution is 2.30. The van der Waals surface area contributed by atoms with Crippen LogP contribution < -0.4 is 19.5 Å². The summed E-state index contributed by atoms with van der Waals surface area (Å²) in [7, 11) is -2.47. The Bertz CT molecular complexity index is 1170. The highest BCUT2D eigenvalue weighted by molar-refractivity contribution is 7.89. The molecule has 168 valence electrons. The predicted molar refractivity (Wildman–Crippen MR) is 117 cm³/mol. The maximum Gasteiger partial charge on any atom is 0.242 e. The zero-order chi connectivity index (χ0) is 23.1. The topological polar surface area (TPSA) is 107 Å². The summed E-state index contributed by atoms with van der Waals surface area (Å²) in [4.78, 5) is 16.6. The van der Waals surface area contributed by atoms with Crippen LogP contribution in [0.1, 0.15) is 13.3 Å². The molecule has 0 bridgehead atoms. The molecule has 1 aromatic heterocycles. The average molecular weight is 459 g/mol. The van der Waals surface area contributed by atoms with Crippen LogP contribution in [0.5, 0.6) is 17.4 Å². The van der Waals surface area contributed by atoms with E-state index in [9.17, 15) is 17.6 Å². The minimum Gasteiger partial charge on any atom is -0.493 e.